The van der Waals surface area contributed by atoms with Gasteiger partial charge in [0.15, 0.2) is 0 Å². The lowest BCUT2D eigenvalue weighted by Crippen LogP contribution is -2.10. The number of hydrogen-bond acceptors (Lipinski definition) is 3. The third-order valence-electron chi connectivity index (χ3n) is 3.13. The van der Waals surface area contributed by atoms with E-state index in [1.165, 1.54) is 0 Å². The number of nitrogens with two attached hydrogens (primary N) is 1. The van der Waals surface area contributed by atoms with Gasteiger partial charge in [0.1, 0.15) is 6.61 Å². The fourth-order valence-electron chi connectivity index (χ4n) is 1.96. The quantitative estimate of drug-likeness (QED) is 0.676. The molecule has 0 amide bonds. The Labute approximate surface area is 113 Å². The molecule has 3 heteroatoms. The third-order valence-corrected chi connectivity index (χ3v) is 3.13. The maximum absolute atomic E-state index is 12.1. The zero-order valence-corrected chi connectivity index (χ0v) is 11.1. The highest BCUT2D eigenvalue weighted by molar-refractivity contribution is 5.96. The second kappa shape index (κ2) is 5.57. The van der Waals surface area contributed by atoms with Crippen LogP contribution in [0.25, 0.3) is 0 Å². The summed E-state index contributed by atoms with van der Waals surface area (Å²) >= 11 is 0. The van der Waals surface area contributed by atoms with Crippen molar-refractivity contribution in [3.63, 3.8) is 0 Å². The van der Waals surface area contributed by atoms with Crippen LogP contribution in [0.4, 0.5) is 5.69 Å². The Morgan fingerprint density at radius 2 is 1.74 bits per heavy atom. The Hall–Kier alpha value is -2.29. The van der Waals surface area contributed by atoms with E-state index in [2.05, 4.69) is 0 Å². The van der Waals surface area contributed by atoms with Crippen molar-refractivity contribution in [1.29, 1.82) is 0 Å². The number of rotatable bonds is 3. The third kappa shape index (κ3) is 2.94. The molecule has 0 aromatic heterocycles. The summed E-state index contributed by atoms with van der Waals surface area (Å²) < 4.78 is 5.34. The zero-order chi connectivity index (χ0) is 13.8. The van der Waals surface area contributed by atoms with Crippen molar-refractivity contribution < 1.29 is 9.53 Å². The Kier molecular flexibility index (Phi) is 3.85. The Morgan fingerprint density at radius 1 is 1.05 bits per heavy atom. The lowest BCUT2D eigenvalue weighted by atomic mass is 10.1. The van der Waals surface area contributed by atoms with Gasteiger partial charge in [0.2, 0.25) is 0 Å². The second-order valence-electron chi connectivity index (χ2n) is 4.54. The van der Waals surface area contributed by atoms with Crippen LogP contribution in [0.2, 0.25) is 0 Å². The number of carbonyl (C=O) groups excluding carboxylic acids is 1. The first-order valence-corrected chi connectivity index (χ1v) is 6.16. The fraction of sp³-hybridized carbons (Fsp3) is 0.188. The summed E-state index contributed by atoms with van der Waals surface area (Å²) in [5.41, 5.74) is 9.66. The van der Waals surface area contributed by atoms with Gasteiger partial charge in [0.05, 0.1) is 5.56 Å². The Balaban J connectivity index is 2.13. The fourth-order valence-corrected chi connectivity index (χ4v) is 1.96. The molecule has 0 saturated heterocycles. The molecule has 98 valence electrons. The molecule has 2 N–H and O–H groups in total. The molecular formula is C16H17NO2. The van der Waals surface area contributed by atoms with E-state index < -0.39 is 0 Å². The Morgan fingerprint density at radius 3 is 2.42 bits per heavy atom. The van der Waals surface area contributed by atoms with Crippen LogP contribution < -0.4 is 5.73 Å². The van der Waals surface area contributed by atoms with Crippen LogP contribution in [0, 0.1) is 13.8 Å². The molecule has 3 nitrogen and oxygen atoms in total. The van der Waals surface area contributed by atoms with Gasteiger partial charge in [-0.1, -0.05) is 36.4 Å². The van der Waals surface area contributed by atoms with E-state index in [0.29, 0.717) is 11.3 Å². The van der Waals surface area contributed by atoms with Crippen molar-refractivity contribution in [1.82, 2.24) is 0 Å². The summed E-state index contributed by atoms with van der Waals surface area (Å²) in [6.07, 6.45) is 0. The summed E-state index contributed by atoms with van der Waals surface area (Å²) in [7, 11) is 0. The predicted molar refractivity (Wildman–Crippen MR) is 75.9 cm³/mol. The largest absolute Gasteiger partial charge is 0.457 e. The smallest absolute Gasteiger partial charge is 0.340 e. The van der Waals surface area contributed by atoms with E-state index in [1.807, 2.05) is 50.2 Å². The number of aryl methyl sites for hydroxylation is 2. The van der Waals surface area contributed by atoms with Crippen molar-refractivity contribution in [2.24, 2.45) is 0 Å². The van der Waals surface area contributed by atoms with Crippen molar-refractivity contribution in [3.05, 3.63) is 64.7 Å². The molecule has 0 aliphatic rings. The van der Waals surface area contributed by atoms with Crippen molar-refractivity contribution >= 4 is 11.7 Å². The van der Waals surface area contributed by atoms with Crippen molar-refractivity contribution in [2.45, 2.75) is 20.5 Å². The topological polar surface area (TPSA) is 52.3 Å². The number of ether oxygens (including phenoxy) is 1. The van der Waals surface area contributed by atoms with Crippen LogP contribution in [0.3, 0.4) is 0 Å². The van der Waals surface area contributed by atoms with E-state index in [-0.39, 0.29) is 12.6 Å². The minimum Gasteiger partial charge on any atom is -0.457 e. The van der Waals surface area contributed by atoms with E-state index in [1.54, 1.807) is 6.07 Å². The number of carbonyl (C=O) groups is 1. The monoisotopic (exact) mass is 255 g/mol. The molecule has 2 aromatic rings. The standard InChI is InChI=1S/C16H17NO2/c1-11-6-3-4-8-13(11)10-19-16(18)15-12(2)7-5-9-14(15)17/h3-9H,10,17H2,1-2H3. The van der Waals surface area contributed by atoms with E-state index >= 15 is 0 Å². The number of hydrogen-bond donors (Lipinski definition) is 1. The van der Waals surface area contributed by atoms with Crippen LogP contribution in [0.15, 0.2) is 42.5 Å². The summed E-state index contributed by atoms with van der Waals surface area (Å²) in [5.74, 6) is -0.376. The second-order valence-corrected chi connectivity index (χ2v) is 4.54. The summed E-state index contributed by atoms with van der Waals surface area (Å²) in [4.78, 5) is 12.1. The molecule has 0 atom stereocenters. The Bertz CT molecular complexity index is 585. The van der Waals surface area contributed by atoms with E-state index in [9.17, 15) is 4.79 Å². The van der Waals surface area contributed by atoms with Gasteiger partial charge in [-0.2, -0.15) is 0 Å². The van der Waals surface area contributed by atoms with E-state index in [4.69, 9.17) is 10.5 Å². The SMILES string of the molecule is Cc1ccccc1COC(=O)c1c(C)cccc1N. The first-order chi connectivity index (χ1) is 9.09. The highest BCUT2D eigenvalue weighted by Crippen LogP contribution is 2.18. The molecule has 2 rings (SSSR count). The van der Waals surface area contributed by atoms with Gasteiger partial charge in [-0.15, -0.1) is 0 Å². The summed E-state index contributed by atoms with van der Waals surface area (Å²) in [6.45, 7) is 4.10. The molecule has 2 aromatic carbocycles. The van der Waals surface area contributed by atoms with Crippen molar-refractivity contribution in [2.75, 3.05) is 5.73 Å². The van der Waals surface area contributed by atoms with Crippen LogP contribution >= 0.6 is 0 Å². The molecule has 0 fully saturated rings. The number of esters is 1. The predicted octanol–water partition coefficient (Wildman–Crippen LogP) is 3.24. The van der Waals surface area contributed by atoms with Crippen LogP contribution in [0.1, 0.15) is 27.0 Å². The first kappa shape index (κ1) is 13.1. The van der Waals surface area contributed by atoms with Gasteiger partial charge >= 0.3 is 5.97 Å². The van der Waals surface area contributed by atoms with Crippen LogP contribution in [-0.4, -0.2) is 5.97 Å². The van der Waals surface area contributed by atoms with Crippen LogP contribution in [-0.2, 0) is 11.3 Å². The van der Waals surface area contributed by atoms with Gasteiger partial charge in [0.25, 0.3) is 0 Å². The molecule has 0 saturated carbocycles. The van der Waals surface area contributed by atoms with E-state index in [0.717, 1.165) is 16.7 Å². The highest BCUT2D eigenvalue weighted by Gasteiger charge is 2.14. The molecule has 0 aliphatic carbocycles. The molecule has 0 spiro atoms. The van der Waals surface area contributed by atoms with Gasteiger partial charge in [-0.05, 0) is 36.6 Å². The molecule has 0 unspecified atom stereocenters. The minimum atomic E-state index is -0.376. The van der Waals surface area contributed by atoms with Gasteiger partial charge in [0, 0.05) is 5.69 Å². The number of anilines is 1. The van der Waals surface area contributed by atoms with Crippen molar-refractivity contribution in [3.8, 4) is 0 Å². The molecule has 0 aliphatic heterocycles. The van der Waals surface area contributed by atoms with Gasteiger partial charge in [-0.3, -0.25) is 0 Å². The molecule has 0 bridgehead atoms. The molecule has 0 radical (unpaired) electrons. The number of nitrogen functional groups attached to an aromatic ring is 1. The average molecular weight is 255 g/mol. The van der Waals surface area contributed by atoms with Gasteiger partial charge in [-0.25, -0.2) is 4.79 Å². The minimum absolute atomic E-state index is 0.263. The van der Waals surface area contributed by atoms with Gasteiger partial charge < -0.3 is 10.5 Å². The molecule has 19 heavy (non-hydrogen) atoms. The number of benzene rings is 2. The first-order valence-electron chi connectivity index (χ1n) is 6.16. The zero-order valence-electron chi connectivity index (χ0n) is 11.1. The summed E-state index contributed by atoms with van der Waals surface area (Å²) in [5, 5.41) is 0. The average Bonchev–Trinajstić information content (AvgIpc) is 2.37. The maximum Gasteiger partial charge on any atom is 0.340 e. The lowest BCUT2D eigenvalue weighted by Gasteiger charge is -2.10. The normalized spacial score (nSPS) is 10.2. The molecule has 0 heterocycles. The summed E-state index contributed by atoms with van der Waals surface area (Å²) in [6, 6.07) is 13.2. The maximum atomic E-state index is 12.1. The molecular weight excluding hydrogens is 238 g/mol. The highest BCUT2D eigenvalue weighted by atomic mass is 16.5. The van der Waals surface area contributed by atoms with Crippen LogP contribution in [0.5, 0.6) is 0 Å². The lowest BCUT2D eigenvalue weighted by molar-refractivity contribution is 0.0472.